The number of unbranched alkanes of at least 4 members (excludes halogenated alkanes) is 23. The zero-order valence-corrected chi connectivity index (χ0v) is 24.1. The molecule has 0 aromatic heterocycles. The lowest BCUT2D eigenvalue weighted by Crippen LogP contribution is -2.00. The zero-order valence-electron chi connectivity index (χ0n) is 24.1. The van der Waals surface area contributed by atoms with Gasteiger partial charge in [-0.1, -0.05) is 207 Å². The van der Waals surface area contributed by atoms with E-state index in [-0.39, 0.29) is 0 Å². The first kappa shape index (κ1) is 33.0. The Balaban J connectivity index is 3.17. The Morgan fingerprint density at radius 1 is 0.242 bits per heavy atom. The lowest BCUT2D eigenvalue weighted by molar-refractivity contribution is 0.379. The van der Waals surface area contributed by atoms with Crippen LogP contribution in [0.4, 0.5) is 0 Å². The maximum Gasteiger partial charge on any atom is -0.0414 e. The number of hydrogen-bond acceptors (Lipinski definition) is 0. The van der Waals surface area contributed by atoms with Crippen molar-refractivity contribution in [1.82, 2.24) is 0 Å². The van der Waals surface area contributed by atoms with Crippen molar-refractivity contribution < 1.29 is 0 Å². The molecule has 0 spiro atoms. The Hall–Kier alpha value is 0. The van der Waals surface area contributed by atoms with E-state index in [1.54, 1.807) is 0 Å². The molecule has 0 saturated heterocycles. The zero-order chi connectivity index (χ0) is 24.1. The second kappa shape index (κ2) is 30.0. The van der Waals surface area contributed by atoms with Crippen LogP contribution in [0.1, 0.15) is 207 Å². The van der Waals surface area contributed by atoms with Gasteiger partial charge in [-0.2, -0.15) is 0 Å². The Kier molecular flexibility index (Phi) is 30.0. The van der Waals surface area contributed by atoms with Gasteiger partial charge in [-0.3, -0.25) is 0 Å². The average Bonchev–Trinajstić information content (AvgIpc) is 2.82. The molecule has 0 fully saturated rings. The summed E-state index contributed by atoms with van der Waals surface area (Å²) in [6.45, 7) is 7.00. The van der Waals surface area contributed by atoms with Crippen LogP contribution in [0, 0.1) is 5.92 Å². The quantitative estimate of drug-likeness (QED) is 0.0965. The molecule has 0 aromatic carbocycles. The van der Waals surface area contributed by atoms with Gasteiger partial charge in [0, 0.05) is 0 Å². The third kappa shape index (κ3) is 28.1. The van der Waals surface area contributed by atoms with E-state index in [1.165, 1.54) is 186 Å². The topological polar surface area (TPSA) is 0 Å². The highest BCUT2D eigenvalue weighted by atomic mass is 14.1. The summed E-state index contributed by atoms with van der Waals surface area (Å²) < 4.78 is 0. The molecule has 0 amide bonds. The average molecular weight is 465 g/mol. The predicted molar refractivity (Wildman–Crippen MR) is 154 cm³/mol. The summed E-state index contributed by atoms with van der Waals surface area (Å²) in [5.41, 5.74) is 0. The third-order valence-corrected chi connectivity index (χ3v) is 7.88. The van der Waals surface area contributed by atoms with Crippen molar-refractivity contribution in [3.05, 3.63) is 0 Å². The molecular formula is C33H68. The molecule has 0 saturated carbocycles. The van der Waals surface area contributed by atoms with Crippen molar-refractivity contribution in [2.45, 2.75) is 207 Å². The van der Waals surface area contributed by atoms with Crippen LogP contribution in [0.2, 0.25) is 0 Å². The Morgan fingerprint density at radius 3 is 0.788 bits per heavy atom. The Labute approximate surface area is 212 Å². The smallest absolute Gasteiger partial charge is 0.0414 e. The molecule has 1 atom stereocenters. The summed E-state index contributed by atoms with van der Waals surface area (Å²) in [5, 5.41) is 0. The van der Waals surface area contributed by atoms with Gasteiger partial charge in [0.2, 0.25) is 0 Å². The fourth-order valence-corrected chi connectivity index (χ4v) is 5.57. The molecule has 0 bridgehead atoms. The summed E-state index contributed by atoms with van der Waals surface area (Å²) in [7, 11) is 0. The van der Waals surface area contributed by atoms with E-state index in [9.17, 15) is 0 Å². The van der Waals surface area contributed by atoms with Gasteiger partial charge < -0.3 is 0 Å². The van der Waals surface area contributed by atoms with Crippen LogP contribution in [0.3, 0.4) is 0 Å². The van der Waals surface area contributed by atoms with E-state index in [4.69, 9.17) is 0 Å². The molecule has 0 rings (SSSR count). The molecule has 0 radical (unpaired) electrons. The summed E-state index contributed by atoms with van der Waals surface area (Å²) in [4.78, 5) is 0. The first-order valence-corrected chi connectivity index (χ1v) is 16.3. The van der Waals surface area contributed by atoms with Crippen LogP contribution in [-0.2, 0) is 0 Å². The van der Waals surface area contributed by atoms with E-state index in [2.05, 4.69) is 20.8 Å². The van der Waals surface area contributed by atoms with Gasteiger partial charge in [-0.25, -0.2) is 0 Å². The minimum atomic E-state index is 1.03. The van der Waals surface area contributed by atoms with Crippen molar-refractivity contribution in [3.8, 4) is 0 Å². The van der Waals surface area contributed by atoms with Crippen molar-refractivity contribution >= 4 is 0 Å². The molecule has 0 heterocycles. The van der Waals surface area contributed by atoms with E-state index in [1.807, 2.05) is 0 Å². The van der Waals surface area contributed by atoms with E-state index >= 15 is 0 Å². The molecule has 200 valence electrons. The SMILES string of the molecule is CCCCCCCCCCCCCCCCCCCCCCCCC(CCC)CCCCC. The highest BCUT2D eigenvalue weighted by molar-refractivity contribution is 4.60. The van der Waals surface area contributed by atoms with E-state index < -0.39 is 0 Å². The predicted octanol–water partition coefficient (Wildman–Crippen LogP) is 13.0. The van der Waals surface area contributed by atoms with Crippen LogP contribution < -0.4 is 0 Å². The van der Waals surface area contributed by atoms with E-state index in [0.717, 1.165) is 5.92 Å². The van der Waals surface area contributed by atoms with Crippen molar-refractivity contribution in [3.63, 3.8) is 0 Å². The van der Waals surface area contributed by atoms with Gasteiger partial charge >= 0.3 is 0 Å². The molecule has 0 aliphatic heterocycles. The minimum Gasteiger partial charge on any atom is -0.0654 e. The summed E-state index contributed by atoms with van der Waals surface area (Å²) in [6, 6.07) is 0. The van der Waals surface area contributed by atoms with Crippen molar-refractivity contribution in [2.24, 2.45) is 5.92 Å². The lowest BCUT2D eigenvalue weighted by atomic mass is 9.91. The van der Waals surface area contributed by atoms with Crippen LogP contribution in [0.15, 0.2) is 0 Å². The molecular weight excluding hydrogens is 396 g/mol. The largest absolute Gasteiger partial charge is 0.0654 e. The summed E-state index contributed by atoms with van der Waals surface area (Å²) in [5.74, 6) is 1.03. The molecule has 0 nitrogen and oxygen atoms in total. The van der Waals surface area contributed by atoms with Crippen molar-refractivity contribution in [1.29, 1.82) is 0 Å². The van der Waals surface area contributed by atoms with Crippen LogP contribution >= 0.6 is 0 Å². The second-order valence-corrected chi connectivity index (χ2v) is 11.4. The number of rotatable bonds is 29. The van der Waals surface area contributed by atoms with Crippen molar-refractivity contribution in [2.75, 3.05) is 0 Å². The maximum atomic E-state index is 2.37. The van der Waals surface area contributed by atoms with Crippen LogP contribution in [-0.4, -0.2) is 0 Å². The standard InChI is InChI=1S/C33H68/c1-4-7-9-10-11-12-13-14-15-16-17-18-19-20-21-22-23-24-25-26-27-29-32-33(30-6-3)31-28-8-5-2/h33H,4-32H2,1-3H3. The normalized spacial score (nSPS) is 12.5. The second-order valence-electron chi connectivity index (χ2n) is 11.4. The first-order chi connectivity index (χ1) is 16.3. The first-order valence-electron chi connectivity index (χ1n) is 16.3. The molecule has 0 N–H and O–H groups in total. The van der Waals surface area contributed by atoms with Gasteiger partial charge in [0.25, 0.3) is 0 Å². The number of hydrogen-bond donors (Lipinski definition) is 0. The highest BCUT2D eigenvalue weighted by Gasteiger charge is 2.07. The molecule has 1 unspecified atom stereocenters. The van der Waals surface area contributed by atoms with Crippen LogP contribution in [0.25, 0.3) is 0 Å². The Morgan fingerprint density at radius 2 is 0.485 bits per heavy atom. The molecule has 33 heavy (non-hydrogen) atoms. The van der Waals surface area contributed by atoms with E-state index in [0.29, 0.717) is 0 Å². The monoisotopic (exact) mass is 465 g/mol. The maximum absolute atomic E-state index is 2.37. The fraction of sp³-hybridized carbons (Fsp3) is 1.00. The van der Waals surface area contributed by atoms with Gasteiger partial charge in [0.1, 0.15) is 0 Å². The van der Waals surface area contributed by atoms with Crippen LogP contribution in [0.5, 0.6) is 0 Å². The van der Waals surface area contributed by atoms with Gasteiger partial charge in [-0.05, 0) is 5.92 Å². The molecule has 0 aromatic rings. The third-order valence-electron chi connectivity index (χ3n) is 7.88. The molecule has 0 aliphatic rings. The fourth-order valence-electron chi connectivity index (χ4n) is 5.57. The Bertz CT molecular complexity index is 320. The molecule has 0 heteroatoms. The summed E-state index contributed by atoms with van der Waals surface area (Å²) >= 11 is 0. The molecule has 0 aliphatic carbocycles. The highest BCUT2D eigenvalue weighted by Crippen LogP contribution is 2.23. The minimum absolute atomic E-state index is 1.03. The lowest BCUT2D eigenvalue weighted by Gasteiger charge is -2.15. The van der Waals surface area contributed by atoms with Gasteiger partial charge in [-0.15, -0.1) is 0 Å². The van der Waals surface area contributed by atoms with Gasteiger partial charge in [0.05, 0.1) is 0 Å². The van der Waals surface area contributed by atoms with Gasteiger partial charge in [0.15, 0.2) is 0 Å². The summed E-state index contributed by atoms with van der Waals surface area (Å²) in [6.07, 6.45) is 42.8.